The normalized spacial score (nSPS) is 11.6. The summed E-state index contributed by atoms with van der Waals surface area (Å²) in [6, 6.07) is 21.7. The van der Waals surface area contributed by atoms with Crippen molar-refractivity contribution in [3.63, 3.8) is 0 Å². The minimum atomic E-state index is 0.953. The number of halogens is 2. The second-order valence-electron chi connectivity index (χ2n) is 5.73. The zero-order valence-corrected chi connectivity index (χ0v) is 18.7. The molecule has 122 valence electrons. The molecule has 3 aromatic heterocycles. The minimum absolute atomic E-state index is 0.953. The fourth-order valence-corrected chi connectivity index (χ4v) is 6.26. The molecule has 0 spiro atoms. The monoisotopic (exact) mass is 584 g/mol. The number of rotatable bonds is 2. The summed E-state index contributed by atoms with van der Waals surface area (Å²) in [5.41, 5.74) is 4.34. The summed E-state index contributed by atoms with van der Waals surface area (Å²) in [5.74, 6) is 0. The van der Waals surface area contributed by atoms with E-state index in [0.717, 1.165) is 11.2 Å². The lowest BCUT2D eigenvalue weighted by Gasteiger charge is -1.97. The van der Waals surface area contributed by atoms with E-state index in [1.165, 1.54) is 37.4 Å². The van der Waals surface area contributed by atoms with Gasteiger partial charge in [0.15, 0.2) is 0 Å². The Labute approximate surface area is 180 Å². The molecule has 1 nitrogen and oxygen atoms in total. The summed E-state index contributed by atoms with van der Waals surface area (Å²) in [5, 5.41) is 2.36. The van der Waals surface area contributed by atoms with E-state index in [4.69, 9.17) is 4.42 Å². The maximum atomic E-state index is 6.20. The molecule has 25 heavy (non-hydrogen) atoms. The van der Waals surface area contributed by atoms with Gasteiger partial charge in [0.05, 0.1) is 5.77 Å². The fraction of sp³-hybridized carbons (Fsp3) is 0. The molecule has 0 radical (unpaired) electrons. The van der Waals surface area contributed by atoms with Crippen molar-refractivity contribution in [1.82, 2.24) is 0 Å². The largest absolute Gasteiger partial charge is 0.456 e. The zero-order valence-electron chi connectivity index (χ0n) is 12.8. The highest BCUT2D eigenvalue weighted by molar-refractivity contribution is 14.1. The van der Waals surface area contributed by atoms with Crippen molar-refractivity contribution < 1.29 is 4.42 Å². The Balaban J connectivity index is 1.66. The first-order valence-electron chi connectivity index (χ1n) is 7.65. The van der Waals surface area contributed by atoms with Crippen molar-refractivity contribution >= 4 is 89.8 Å². The van der Waals surface area contributed by atoms with E-state index in [1.807, 2.05) is 0 Å². The molecule has 3 heterocycles. The Morgan fingerprint density at radius 3 is 1.48 bits per heavy atom. The lowest BCUT2D eigenvalue weighted by Crippen LogP contribution is -1.73. The number of hydrogen-bond acceptors (Lipinski definition) is 3. The summed E-state index contributed by atoms with van der Waals surface area (Å²) >= 11 is 8.33. The van der Waals surface area contributed by atoms with Crippen LogP contribution < -0.4 is 0 Å². The van der Waals surface area contributed by atoms with Gasteiger partial charge in [0.2, 0.25) is 0 Å². The second kappa shape index (κ2) is 6.37. The first kappa shape index (κ1) is 16.3. The standard InChI is InChI=1S/C20H10I2OS2/c21-19-7-5-17(24-19)11-1-3-13-14-4-2-12(18-6-8-20(22)25-18)10-16(14)23-15(13)9-11/h1-10H. The average Bonchev–Trinajstić information content (AvgIpc) is 3.31. The van der Waals surface area contributed by atoms with Crippen molar-refractivity contribution in [3.05, 3.63) is 66.4 Å². The highest BCUT2D eigenvalue weighted by Crippen LogP contribution is 2.37. The van der Waals surface area contributed by atoms with Gasteiger partial charge in [0.1, 0.15) is 11.2 Å². The van der Waals surface area contributed by atoms with Crippen LogP contribution in [0.25, 0.3) is 42.8 Å². The molecule has 0 bridgehead atoms. The summed E-state index contributed by atoms with van der Waals surface area (Å²) in [4.78, 5) is 2.56. The molecule has 0 saturated heterocycles. The minimum Gasteiger partial charge on any atom is -0.456 e. The van der Waals surface area contributed by atoms with Crippen LogP contribution in [0, 0.1) is 5.77 Å². The van der Waals surface area contributed by atoms with Crippen LogP contribution in [-0.4, -0.2) is 0 Å². The topological polar surface area (TPSA) is 13.1 Å². The van der Waals surface area contributed by atoms with Crippen molar-refractivity contribution in [2.24, 2.45) is 0 Å². The number of hydrogen-bond donors (Lipinski definition) is 0. The van der Waals surface area contributed by atoms with Crippen molar-refractivity contribution in [3.8, 4) is 20.9 Å². The quantitative estimate of drug-likeness (QED) is 0.191. The third-order valence-electron chi connectivity index (χ3n) is 4.19. The Kier molecular flexibility index (Phi) is 4.15. The molecule has 5 rings (SSSR count). The highest BCUT2D eigenvalue weighted by Gasteiger charge is 2.11. The molecular weight excluding hydrogens is 574 g/mol. The SMILES string of the molecule is Ic1ccc(-c2ccc3c(c2)oc2cc(-c4ccc(I)s4)ccc23)s1. The van der Waals surface area contributed by atoms with Gasteiger partial charge >= 0.3 is 0 Å². The number of furan rings is 1. The third-order valence-corrected chi connectivity index (χ3v) is 8.07. The molecule has 0 amide bonds. The van der Waals surface area contributed by atoms with Gasteiger partial charge in [0, 0.05) is 20.5 Å². The molecule has 0 unspecified atom stereocenters. The van der Waals surface area contributed by atoms with Crippen molar-refractivity contribution in [1.29, 1.82) is 0 Å². The molecule has 0 fully saturated rings. The van der Waals surface area contributed by atoms with Crippen LogP contribution in [-0.2, 0) is 0 Å². The maximum Gasteiger partial charge on any atom is 0.136 e. The molecule has 0 aliphatic rings. The highest BCUT2D eigenvalue weighted by atomic mass is 127. The summed E-state index contributed by atoms with van der Waals surface area (Å²) in [6.45, 7) is 0. The van der Waals surface area contributed by atoms with E-state index >= 15 is 0 Å². The van der Waals surface area contributed by atoms with Gasteiger partial charge < -0.3 is 4.42 Å². The van der Waals surface area contributed by atoms with Gasteiger partial charge in [-0.15, -0.1) is 22.7 Å². The van der Waals surface area contributed by atoms with Gasteiger partial charge in [-0.2, -0.15) is 0 Å². The van der Waals surface area contributed by atoms with Crippen molar-refractivity contribution in [2.45, 2.75) is 0 Å². The number of fused-ring (bicyclic) bond motifs is 3. The summed E-state index contributed by atoms with van der Waals surface area (Å²) < 4.78 is 8.79. The van der Waals surface area contributed by atoms with E-state index in [0.29, 0.717) is 0 Å². The molecule has 0 saturated carbocycles. The summed E-state index contributed by atoms with van der Waals surface area (Å²) in [7, 11) is 0. The first-order chi connectivity index (χ1) is 12.2. The van der Waals surface area contributed by atoms with Crippen LogP contribution >= 0.6 is 67.9 Å². The predicted octanol–water partition coefficient (Wildman–Crippen LogP) is 8.25. The zero-order chi connectivity index (χ0) is 17.0. The lowest BCUT2D eigenvalue weighted by atomic mass is 10.1. The molecule has 5 heteroatoms. The van der Waals surface area contributed by atoms with Gasteiger partial charge in [-0.05, 0) is 105 Å². The Morgan fingerprint density at radius 2 is 1.08 bits per heavy atom. The van der Waals surface area contributed by atoms with E-state index in [2.05, 4.69) is 106 Å². The average molecular weight is 584 g/mol. The molecule has 0 aliphatic carbocycles. The first-order valence-corrected chi connectivity index (χ1v) is 11.4. The Bertz CT molecular complexity index is 1130. The van der Waals surface area contributed by atoms with Gasteiger partial charge in [-0.3, -0.25) is 0 Å². The second-order valence-corrected chi connectivity index (χ2v) is 11.7. The number of benzene rings is 2. The molecule has 0 N–H and O–H groups in total. The van der Waals surface area contributed by atoms with E-state index in [9.17, 15) is 0 Å². The van der Waals surface area contributed by atoms with Crippen molar-refractivity contribution in [2.75, 3.05) is 0 Å². The van der Waals surface area contributed by atoms with Crippen LogP contribution in [0.2, 0.25) is 0 Å². The van der Waals surface area contributed by atoms with Gasteiger partial charge in [-0.1, -0.05) is 12.1 Å². The van der Waals surface area contributed by atoms with E-state index in [-0.39, 0.29) is 0 Å². The van der Waals surface area contributed by atoms with Gasteiger partial charge in [0.25, 0.3) is 0 Å². The predicted molar refractivity (Wildman–Crippen MR) is 126 cm³/mol. The van der Waals surface area contributed by atoms with Crippen LogP contribution in [0.15, 0.2) is 65.1 Å². The van der Waals surface area contributed by atoms with Crippen LogP contribution in [0.4, 0.5) is 0 Å². The lowest BCUT2D eigenvalue weighted by molar-refractivity contribution is 0.669. The molecule has 5 aromatic rings. The van der Waals surface area contributed by atoms with Gasteiger partial charge in [-0.25, -0.2) is 0 Å². The van der Waals surface area contributed by atoms with E-state index in [1.54, 1.807) is 22.7 Å². The molecule has 0 aliphatic heterocycles. The maximum absolute atomic E-state index is 6.20. The summed E-state index contributed by atoms with van der Waals surface area (Å²) in [6.07, 6.45) is 0. The number of thiophene rings is 2. The van der Waals surface area contributed by atoms with E-state index < -0.39 is 0 Å². The fourth-order valence-electron chi connectivity index (χ4n) is 3.02. The Hall–Kier alpha value is -0.900. The molecule has 0 atom stereocenters. The third kappa shape index (κ3) is 2.94. The molecular formula is C20H10I2OS2. The Morgan fingerprint density at radius 1 is 0.600 bits per heavy atom. The van der Waals surface area contributed by atoms with Crippen LogP contribution in [0.3, 0.4) is 0 Å². The molecule has 2 aromatic carbocycles. The van der Waals surface area contributed by atoms with Crippen LogP contribution in [0.5, 0.6) is 0 Å². The smallest absolute Gasteiger partial charge is 0.136 e. The van der Waals surface area contributed by atoms with Crippen LogP contribution in [0.1, 0.15) is 0 Å².